The number of carbonyl (C=O) groups excluding carboxylic acids is 2. The second-order valence-electron chi connectivity index (χ2n) is 7.88. The Hall–Kier alpha value is -4.50. The number of nitrogen functional groups attached to an aromatic ring is 1. The van der Waals surface area contributed by atoms with E-state index in [9.17, 15) is 9.59 Å². The Morgan fingerprint density at radius 1 is 1.00 bits per heavy atom. The van der Waals surface area contributed by atoms with Crippen LogP contribution in [0, 0.1) is 0 Å². The Bertz CT molecular complexity index is 1350. The summed E-state index contributed by atoms with van der Waals surface area (Å²) >= 11 is 0. The first-order valence-electron chi connectivity index (χ1n) is 11.3. The van der Waals surface area contributed by atoms with E-state index in [1.165, 1.54) is 0 Å². The molecule has 9 heteroatoms. The fourth-order valence-corrected chi connectivity index (χ4v) is 3.40. The first kappa shape index (κ1) is 24.6. The molecular weight excluding hydrogens is 462 g/mol. The van der Waals surface area contributed by atoms with Crippen molar-refractivity contribution < 1.29 is 28.2 Å². The van der Waals surface area contributed by atoms with Crippen molar-refractivity contribution in [3.05, 3.63) is 84.1 Å². The van der Waals surface area contributed by atoms with Crippen molar-refractivity contribution in [3.8, 4) is 11.5 Å². The van der Waals surface area contributed by atoms with Gasteiger partial charge in [-0.1, -0.05) is 24.3 Å². The summed E-state index contributed by atoms with van der Waals surface area (Å²) in [6.45, 7) is 2.26. The van der Waals surface area contributed by atoms with E-state index in [4.69, 9.17) is 24.4 Å². The number of hydrogen-bond acceptors (Lipinski definition) is 7. The van der Waals surface area contributed by atoms with Crippen molar-refractivity contribution in [1.29, 1.82) is 0 Å². The maximum absolute atomic E-state index is 12.5. The van der Waals surface area contributed by atoms with Crippen LogP contribution in [0.2, 0.25) is 0 Å². The van der Waals surface area contributed by atoms with E-state index in [0.717, 1.165) is 5.39 Å². The summed E-state index contributed by atoms with van der Waals surface area (Å²) in [7, 11) is 1.54. The fourth-order valence-electron chi connectivity index (χ4n) is 3.40. The molecule has 4 N–H and O–H groups in total. The van der Waals surface area contributed by atoms with Gasteiger partial charge in [-0.05, 0) is 55.5 Å². The highest BCUT2D eigenvalue weighted by Gasteiger charge is 2.16. The van der Waals surface area contributed by atoms with Gasteiger partial charge in [0.25, 0.3) is 11.8 Å². The number of nitrogens with two attached hydrogens (primary N) is 1. The predicted molar refractivity (Wildman–Crippen MR) is 136 cm³/mol. The van der Waals surface area contributed by atoms with E-state index in [1.807, 2.05) is 12.1 Å². The van der Waals surface area contributed by atoms with E-state index < -0.39 is 6.29 Å². The lowest BCUT2D eigenvalue weighted by molar-refractivity contribution is -0.0378. The van der Waals surface area contributed by atoms with Gasteiger partial charge in [0.2, 0.25) is 0 Å². The van der Waals surface area contributed by atoms with Crippen LogP contribution in [0.25, 0.3) is 11.0 Å². The highest BCUT2D eigenvalue weighted by Crippen LogP contribution is 2.29. The van der Waals surface area contributed by atoms with Crippen molar-refractivity contribution in [3.63, 3.8) is 0 Å². The Kier molecular flexibility index (Phi) is 7.72. The number of nitrogens with one attached hydrogen (secondary N) is 2. The van der Waals surface area contributed by atoms with Gasteiger partial charge in [-0.2, -0.15) is 0 Å². The van der Waals surface area contributed by atoms with E-state index in [-0.39, 0.29) is 30.7 Å². The quantitative estimate of drug-likeness (QED) is 0.171. The largest absolute Gasteiger partial charge is 0.492 e. The number of ether oxygens (including phenoxy) is 3. The van der Waals surface area contributed by atoms with Crippen LogP contribution in [-0.2, 0) is 4.74 Å². The van der Waals surface area contributed by atoms with Gasteiger partial charge in [0, 0.05) is 18.1 Å². The third-order valence-electron chi connectivity index (χ3n) is 5.34. The zero-order valence-corrected chi connectivity index (χ0v) is 19.9. The molecule has 1 aromatic heterocycles. The van der Waals surface area contributed by atoms with Crippen LogP contribution in [0.1, 0.15) is 27.8 Å². The summed E-state index contributed by atoms with van der Waals surface area (Å²) in [5, 5.41) is 6.29. The molecule has 1 unspecified atom stereocenters. The van der Waals surface area contributed by atoms with Crippen LogP contribution in [0.15, 0.2) is 77.2 Å². The molecule has 0 saturated carbocycles. The predicted octanol–water partition coefficient (Wildman–Crippen LogP) is 4.45. The first-order valence-corrected chi connectivity index (χ1v) is 11.3. The highest BCUT2D eigenvalue weighted by atomic mass is 16.7. The van der Waals surface area contributed by atoms with Crippen LogP contribution in [-0.4, -0.2) is 38.4 Å². The molecule has 0 spiro atoms. The van der Waals surface area contributed by atoms with Gasteiger partial charge in [0.05, 0.1) is 17.9 Å². The number of carbonyl (C=O) groups is 2. The molecule has 0 bridgehead atoms. The normalized spacial score (nSPS) is 11.6. The summed E-state index contributed by atoms with van der Waals surface area (Å²) in [6, 6.07) is 20.8. The number of anilines is 2. The standard InChI is InChI=1S/C27H27N3O6/c1-17(33-2)35-23-9-5-6-19-16-24(36-25(19)23)27(32)29-14-15-34-20-12-10-18(11-13-20)26(31)30-22-8-4-3-7-21(22)28/h3-13,16-17H,14-15,28H2,1-2H3,(H,29,32)(H,30,31). The minimum absolute atomic E-state index is 0.167. The lowest BCUT2D eigenvalue weighted by Crippen LogP contribution is -2.27. The molecule has 0 fully saturated rings. The maximum atomic E-state index is 12.5. The van der Waals surface area contributed by atoms with Crippen LogP contribution >= 0.6 is 0 Å². The molecule has 0 radical (unpaired) electrons. The summed E-state index contributed by atoms with van der Waals surface area (Å²) < 4.78 is 22.2. The fraction of sp³-hybridized carbons (Fsp3) is 0.185. The lowest BCUT2D eigenvalue weighted by Gasteiger charge is -2.12. The Balaban J connectivity index is 1.27. The average Bonchev–Trinajstić information content (AvgIpc) is 3.34. The minimum atomic E-state index is -0.457. The molecule has 4 rings (SSSR count). The molecular formula is C27H27N3O6. The van der Waals surface area contributed by atoms with Gasteiger partial charge in [0.15, 0.2) is 23.4 Å². The van der Waals surface area contributed by atoms with Crippen LogP contribution in [0.4, 0.5) is 11.4 Å². The topological polar surface area (TPSA) is 125 Å². The monoisotopic (exact) mass is 489 g/mol. The number of hydrogen-bond donors (Lipinski definition) is 3. The molecule has 1 atom stereocenters. The number of furan rings is 1. The molecule has 1 heterocycles. The molecule has 0 saturated heterocycles. The second-order valence-corrected chi connectivity index (χ2v) is 7.88. The SMILES string of the molecule is COC(C)Oc1cccc2cc(C(=O)NCCOc3ccc(C(=O)Nc4ccccc4N)cc3)oc12. The lowest BCUT2D eigenvalue weighted by atomic mass is 10.2. The number of fused-ring (bicyclic) bond motifs is 1. The molecule has 0 aliphatic rings. The minimum Gasteiger partial charge on any atom is -0.492 e. The number of amides is 2. The highest BCUT2D eigenvalue weighted by molar-refractivity contribution is 6.05. The molecule has 2 amide bonds. The first-order chi connectivity index (χ1) is 17.4. The summed E-state index contributed by atoms with van der Waals surface area (Å²) in [5.74, 6) is 0.586. The summed E-state index contributed by atoms with van der Waals surface area (Å²) in [5.41, 5.74) is 7.85. The molecule has 0 aliphatic carbocycles. The number of methoxy groups -OCH3 is 1. The van der Waals surface area contributed by atoms with Gasteiger partial charge in [-0.3, -0.25) is 9.59 Å². The summed E-state index contributed by atoms with van der Waals surface area (Å²) in [6.07, 6.45) is -0.457. The number of benzene rings is 3. The molecule has 36 heavy (non-hydrogen) atoms. The summed E-state index contributed by atoms with van der Waals surface area (Å²) in [4.78, 5) is 25.0. The van der Waals surface area contributed by atoms with Crippen molar-refractivity contribution in [2.45, 2.75) is 13.2 Å². The molecule has 186 valence electrons. The Morgan fingerprint density at radius 2 is 1.78 bits per heavy atom. The van der Waals surface area contributed by atoms with E-state index in [2.05, 4.69) is 10.6 Å². The van der Waals surface area contributed by atoms with Gasteiger partial charge in [0.1, 0.15) is 12.4 Å². The Morgan fingerprint density at radius 3 is 2.53 bits per heavy atom. The third kappa shape index (κ3) is 5.94. The van der Waals surface area contributed by atoms with E-state index >= 15 is 0 Å². The van der Waals surface area contributed by atoms with Crippen LogP contribution in [0.3, 0.4) is 0 Å². The molecule has 4 aromatic rings. The van der Waals surface area contributed by atoms with Crippen molar-refractivity contribution >= 4 is 34.2 Å². The van der Waals surface area contributed by atoms with E-state index in [0.29, 0.717) is 34.0 Å². The van der Waals surface area contributed by atoms with Crippen molar-refractivity contribution in [1.82, 2.24) is 5.32 Å². The second kappa shape index (κ2) is 11.3. The molecule has 3 aromatic carbocycles. The molecule has 0 aliphatic heterocycles. The van der Waals surface area contributed by atoms with Crippen LogP contribution < -0.4 is 25.8 Å². The zero-order chi connectivity index (χ0) is 25.5. The van der Waals surface area contributed by atoms with Crippen LogP contribution in [0.5, 0.6) is 11.5 Å². The van der Waals surface area contributed by atoms with Crippen molar-refractivity contribution in [2.24, 2.45) is 0 Å². The number of rotatable bonds is 10. The van der Waals surface area contributed by atoms with Gasteiger partial charge < -0.3 is 35.0 Å². The molecule has 9 nitrogen and oxygen atoms in total. The van der Waals surface area contributed by atoms with Crippen molar-refractivity contribution in [2.75, 3.05) is 31.3 Å². The number of para-hydroxylation sites is 3. The van der Waals surface area contributed by atoms with Gasteiger partial charge in [-0.25, -0.2) is 0 Å². The smallest absolute Gasteiger partial charge is 0.287 e. The zero-order valence-electron chi connectivity index (χ0n) is 19.9. The van der Waals surface area contributed by atoms with Gasteiger partial charge in [-0.15, -0.1) is 0 Å². The Labute approximate surface area is 208 Å². The van der Waals surface area contributed by atoms with E-state index in [1.54, 1.807) is 74.7 Å². The van der Waals surface area contributed by atoms with Gasteiger partial charge >= 0.3 is 0 Å². The average molecular weight is 490 g/mol. The maximum Gasteiger partial charge on any atom is 0.287 e. The third-order valence-corrected chi connectivity index (χ3v) is 5.34.